The molecular weight excluding hydrogens is 470 g/mol. The average Bonchev–Trinajstić information content (AvgIpc) is 3.26. The Hall–Kier alpha value is -3.84. The van der Waals surface area contributed by atoms with E-state index in [1.807, 2.05) is 72.8 Å². The summed E-state index contributed by atoms with van der Waals surface area (Å²) in [6.07, 6.45) is 2.65. The van der Waals surface area contributed by atoms with Gasteiger partial charge < -0.3 is 25.0 Å². The Morgan fingerprint density at radius 2 is 1.78 bits per heavy atom. The van der Waals surface area contributed by atoms with Crippen molar-refractivity contribution in [3.05, 3.63) is 90.1 Å². The minimum atomic E-state index is -0.443. The molecule has 182 valence electrons. The van der Waals surface area contributed by atoms with Crippen LogP contribution in [0.3, 0.4) is 0 Å². The van der Waals surface area contributed by atoms with Crippen LogP contribution < -0.4 is 25.0 Å². The Balaban J connectivity index is 1.55. The van der Waals surface area contributed by atoms with Gasteiger partial charge in [0.1, 0.15) is 5.78 Å². The lowest BCUT2D eigenvalue weighted by molar-refractivity contribution is -0.124. The molecule has 2 atom stereocenters. The monoisotopic (exact) mass is 497 g/mol. The number of Topliss-reactive ketones (excluding diaryl/α,β-unsaturated/α-hetero) is 1. The van der Waals surface area contributed by atoms with Crippen LogP contribution in [0, 0.1) is 11.3 Å². The third-order valence-corrected chi connectivity index (χ3v) is 7.18. The number of ether oxygens (including phenoxy) is 2. The van der Waals surface area contributed by atoms with E-state index in [0.717, 1.165) is 28.3 Å². The van der Waals surface area contributed by atoms with Crippen molar-refractivity contribution in [1.29, 1.82) is 0 Å². The molecule has 0 radical (unpaired) electrons. The summed E-state index contributed by atoms with van der Waals surface area (Å²) in [7, 11) is 0. The second-order valence-corrected chi connectivity index (χ2v) is 10.5. The molecule has 3 aromatic rings. The molecule has 0 spiro atoms. The summed E-state index contributed by atoms with van der Waals surface area (Å²) >= 11 is 6.05. The standard InChI is InChI=1S/C29H27N3O3S/c1-29(2)15-21-26(23(33)16-29)27(18-12-13-24-25(14-18)35-17-34-24)32(22-11-7-6-10-20(22)31-21)28(36)30-19-8-4-3-5-9-19/h3-15,26-27,31H,16-17H2,1-2H3,(H,30,36). The highest BCUT2D eigenvalue weighted by Crippen LogP contribution is 2.49. The molecule has 0 amide bonds. The Morgan fingerprint density at radius 3 is 2.61 bits per heavy atom. The van der Waals surface area contributed by atoms with Crippen LogP contribution in [0.4, 0.5) is 17.1 Å². The second kappa shape index (κ2) is 8.68. The summed E-state index contributed by atoms with van der Waals surface area (Å²) in [6.45, 7) is 4.39. The first-order valence-corrected chi connectivity index (χ1v) is 12.5. The van der Waals surface area contributed by atoms with Crippen molar-refractivity contribution in [1.82, 2.24) is 0 Å². The van der Waals surface area contributed by atoms with Gasteiger partial charge >= 0.3 is 0 Å². The van der Waals surface area contributed by atoms with Gasteiger partial charge in [-0.2, -0.15) is 0 Å². The summed E-state index contributed by atoms with van der Waals surface area (Å²) in [5, 5.41) is 7.52. The van der Waals surface area contributed by atoms with E-state index >= 15 is 0 Å². The van der Waals surface area contributed by atoms with E-state index in [2.05, 4.69) is 35.5 Å². The lowest BCUT2D eigenvalue weighted by atomic mass is 9.72. The van der Waals surface area contributed by atoms with Gasteiger partial charge in [0.2, 0.25) is 6.79 Å². The molecule has 7 heteroatoms. The van der Waals surface area contributed by atoms with Gasteiger partial charge in [0, 0.05) is 17.8 Å². The number of benzene rings is 3. The number of fused-ring (bicyclic) bond motifs is 3. The molecule has 0 fully saturated rings. The number of carbonyl (C=O) groups excluding carboxylic acids is 1. The normalized spacial score (nSPS) is 21.4. The molecule has 3 aromatic carbocycles. The Morgan fingerprint density at radius 1 is 1.03 bits per heavy atom. The number of nitrogens with zero attached hydrogens (tertiary/aromatic N) is 1. The maximum Gasteiger partial charge on any atom is 0.231 e. The van der Waals surface area contributed by atoms with Crippen LogP contribution in [0.5, 0.6) is 11.5 Å². The zero-order valence-corrected chi connectivity index (χ0v) is 21.0. The third-order valence-electron chi connectivity index (χ3n) is 6.88. The summed E-state index contributed by atoms with van der Waals surface area (Å²) in [4.78, 5) is 15.9. The lowest BCUT2D eigenvalue weighted by Crippen LogP contribution is -2.45. The molecule has 2 heterocycles. The molecule has 0 aromatic heterocycles. The van der Waals surface area contributed by atoms with E-state index in [9.17, 15) is 4.79 Å². The number of anilines is 3. The van der Waals surface area contributed by atoms with Crippen LogP contribution in [0.15, 0.2) is 84.6 Å². The lowest BCUT2D eigenvalue weighted by Gasteiger charge is -2.40. The highest BCUT2D eigenvalue weighted by Gasteiger charge is 2.46. The van der Waals surface area contributed by atoms with Crippen molar-refractivity contribution < 1.29 is 14.3 Å². The first kappa shape index (κ1) is 22.6. The van der Waals surface area contributed by atoms with E-state index in [4.69, 9.17) is 21.7 Å². The van der Waals surface area contributed by atoms with Gasteiger partial charge in [0.05, 0.1) is 23.3 Å². The summed E-state index contributed by atoms with van der Waals surface area (Å²) in [5.74, 6) is 1.11. The molecule has 1 aliphatic carbocycles. The molecular formula is C29H27N3O3S. The smallest absolute Gasteiger partial charge is 0.231 e. The maximum atomic E-state index is 13.9. The quantitative estimate of drug-likeness (QED) is 0.404. The van der Waals surface area contributed by atoms with Gasteiger partial charge in [0.15, 0.2) is 16.6 Å². The molecule has 2 aliphatic heterocycles. The van der Waals surface area contributed by atoms with Crippen molar-refractivity contribution in [2.45, 2.75) is 26.3 Å². The number of thiocarbonyl (C=S) groups is 1. The van der Waals surface area contributed by atoms with Crippen molar-refractivity contribution in [2.24, 2.45) is 11.3 Å². The third kappa shape index (κ3) is 3.99. The predicted octanol–water partition coefficient (Wildman–Crippen LogP) is 6.28. The number of ketones is 1. The van der Waals surface area contributed by atoms with Gasteiger partial charge in [-0.25, -0.2) is 0 Å². The minimum absolute atomic E-state index is 0.174. The Kier molecular flexibility index (Phi) is 5.45. The molecule has 6 nitrogen and oxygen atoms in total. The van der Waals surface area contributed by atoms with Crippen LogP contribution in [-0.4, -0.2) is 17.7 Å². The number of hydrogen-bond donors (Lipinski definition) is 2. The van der Waals surface area contributed by atoms with Gasteiger partial charge in [-0.1, -0.05) is 56.3 Å². The number of hydrogen-bond acceptors (Lipinski definition) is 5. The fourth-order valence-corrected chi connectivity index (χ4v) is 5.71. The van der Waals surface area contributed by atoms with E-state index < -0.39 is 12.0 Å². The molecule has 6 rings (SSSR count). The predicted molar refractivity (Wildman–Crippen MR) is 145 cm³/mol. The van der Waals surface area contributed by atoms with E-state index in [1.54, 1.807) is 0 Å². The van der Waals surface area contributed by atoms with E-state index in [0.29, 0.717) is 23.0 Å². The van der Waals surface area contributed by atoms with Gasteiger partial charge in [-0.3, -0.25) is 4.79 Å². The van der Waals surface area contributed by atoms with Crippen molar-refractivity contribution in [3.63, 3.8) is 0 Å². The summed E-state index contributed by atoms with van der Waals surface area (Å²) in [5.41, 5.74) is 4.26. The largest absolute Gasteiger partial charge is 0.454 e. The van der Waals surface area contributed by atoms with Gasteiger partial charge in [-0.05, 0) is 59.6 Å². The first-order chi connectivity index (χ1) is 17.4. The van der Waals surface area contributed by atoms with Crippen LogP contribution >= 0.6 is 12.2 Å². The fourth-order valence-electron chi connectivity index (χ4n) is 5.38. The average molecular weight is 498 g/mol. The van der Waals surface area contributed by atoms with Crippen LogP contribution in [0.2, 0.25) is 0 Å². The van der Waals surface area contributed by atoms with Crippen LogP contribution in [0.1, 0.15) is 31.9 Å². The summed E-state index contributed by atoms with van der Waals surface area (Å²) < 4.78 is 11.3. The molecule has 0 bridgehead atoms. The van der Waals surface area contributed by atoms with Crippen LogP contribution in [0.25, 0.3) is 0 Å². The molecule has 3 aliphatic rings. The number of allylic oxidation sites excluding steroid dienone is 1. The minimum Gasteiger partial charge on any atom is -0.454 e. The van der Waals surface area contributed by atoms with Gasteiger partial charge in [-0.15, -0.1) is 0 Å². The molecule has 2 unspecified atom stereocenters. The molecule has 0 saturated heterocycles. The fraction of sp³-hybridized carbons (Fsp3) is 0.241. The molecule has 0 saturated carbocycles. The Bertz CT molecular complexity index is 1390. The zero-order chi connectivity index (χ0) is 24.9. The zero-order valence-electron chi connectivity index (χ0n) is 20.2. The maximum absolute atomic E-state index is 13.9. The highest BCUT2D eigenvalue weighted by molar-refractivity contribution is 7.80. The number of rotatable bonds is 2. The van der Waals surface area contributed by atoms with Crippen molar-refractivity contribution in [3.8, 4) is 11.5 Å². The topological polar surface area (TPSA) is 62.8 Å². The first-order valence-electron chi connectivity index (χ1n) is 12.1. The van der Waals surface area contributed by atoms with Gasteiger partial charge in [0.25, 0.3) is 0 Å². The number of carbonyl (C=O) groups is 1. The molecule has 36 heavy (non-hydrogen) atoms. The SMILES string of the molecule is CC1(C)C=C2Nc3ccccc3N(C(=S)Nc3ccccc3)C(c3ccc4c(c3)OCO4)C2C(=O)C1. The number of para-hydroxylation sites is 3. The summed E-state index contributed by atoms with van der Waals surface area (Å²) in [6, 6.07) is 23.4. The van der Waals surface area contributed by atoms with Crippen molar-refractivity contribution >= 4 is 40.2 Å². The number of nitrogens with one attached hydrogen (secondary N) is 2. The van der Waals surface area contributed by atoms with Crippen molar-refractivity contribution in [2.75, 3.05) is 22.3 Å². The second-order valence-electron chi connectivity index (χ2n) is 10.1. The highest BCUT2D eigenvalue weighted by atomic mass is 32.1. The Labute approximate surface area is 215 Å². The molecule has 2 N–H and O–H groups in total. The van der Waals surface area contributed by atoms with Crippen LogP contribution in [-0.2, 0) is 4.79 Å². The van der Waals surface area contributed by atoms with E-state index in [1.165, 1.54) is 0 Å². The van der Waals surface area contributed by atoms with E-state index in [-0.39, 0.29) is 18.0 Å².